The molecule has 0 unspecified atom stereocenters. The summed E-state index contributed by atoms with van der Waals surface area (Å²) >= 11 is 0. The van der Waals surface area contributed by atoms with Crippen LogP contribution in [0.25, 0.3) is 16.8 Å². The molecular weight excluding hydrogens is 264 g/mol. The van der Waals surface area contributed by atoms with E-state index in [-0.39, 0.29) is 5.56 Å². The van der Waals surface area contributed by atoms with E-state index in [4.69, 9.17) is 0 Å². The summed E-state index contributed by atoms with van der Waals surface area (Å²) in [7, 11) is 0. The fourth-order valence-corrected chi connectivity index (χ4v) is 2.26. The first-order chi connectivity index (χ1) is 10.1. The summed E-state index contributed by atoms with van der Waals surface area (Å²) in [5, 5.41) is 13.6. The smallest absolute Gasteiger partial charge is 0.337 e. The lowest BCUT2D eigenvalue weighted by atomic mass is 10.1. The van der Waals surface area contributed by atoms with Crippen LogP contribution in [0, 0.1) is 6.92 Å². The molecule has 0 aliphatic carbocycles. The highest BCUT2D eigenvalue weighted by atomic mass is 16.4. The number of aromatic nitrogens is 2. The number of benzene rings is 2. The molecule has 0 bridgehead atoms. The first-order valence-electron chi connectivity index (χ1n) is 6.59. The van der Waals surface area contributed by atoms with Gasteiger partial charge in [-0.25, -0.2) is 9.48 Å². The molecule has 2 aromatic carbocycles. The Hall–Kier alpha value is -2.88. The number of aryl methyl sites for hydroxylation is 1. The van der Waals surface area contributed by atoms with Gasteiger partial charge in [0.15, 0.2) is 0 Å². The fraction of sp³-hybridized carbons (Fsp3) is 0.0588. The van der Waals surface area contributed by atoms with Crippen molar-refractivity contribution in [2.24, 2.45) is 0 Å². The SMILES string of the molecule is Cc1ccc(-n2cc(-c3ccccc3)cn2)c(C(=O)O)c1. The zero-order chi connectivity index (χ0) is 14.8. The second-order valence-electron chi connectivity index (χ2n) is 4.87. The summed E-state index contributed by atoms with van der Waals surface area (Å²) in [5.41, 5.74) is 3.72. The van der Waals surface area contributed by atoms with Gasteiger partial charge in [0.1, 0.15) is 0 Å². The van der Waals surface area contributed by atoms with Gasteiger partial charge < -0.3 is 5.11 Å². The third-order valence-electron chi connectivity index (χ3n) is 3.32. The van der Waals surface area contributed by atoms with Crippen molar-refractivity contribution < 1.29 is 9.90 Å². The topological polar surface area (TPSA) is 55.1 Å². The molecule has 0 spiro atoms. The Morgan fingerprint density at radius 2 is 1.86 bits per heavy atom. The summed E-state index contributed by atoms with van der Waals surface area (Å²) in [6.45, 7) is 1.87. The molecule has 3 rings (SSSR count). The molecule has 1 heterocycles. The Bertz CT molecular complexity index is 792. The average Bonchev–Trinajstić information content (AvgIpc) is 2.97. The number of hydrogen-bond acceptors (Lipinski definition) is 2. The number of carboxylic acid groups (broad SMARTS) is 1. The van der Waals surface area contributed by atoms with E-state index < -0.39 is 5.97 Å². The minimum atomic E-state index is -0.953. The Labute approximate surface area is 122 Å². The van der Waals surface area contributed by atoms with Gasteiger partial charge in [-0.05, 0) is 24.6 Å². The first-order valence-corrected chi connectivity index (χ1v) is 6.59. The summed E-state index contributed by atoms with van der Waals surface area (Å²) in [5.74, 6) is -0.953. The Balaban J connectivity index is 2.07. The first kappa shape index (κ1) is 13.1. The highest BCUT2D eigenvalue weighted by Gasteiger charge is 2.13. The largest absolute Gasteiger partial charge is 0.478 e. The third-order valence-corrected chi connectivity index (χ3v) is 3.32. The molecule has 1 aromatic heterocycles. The zero-order valence-corrected chi connectivity index (χ0v) is 11.5. The van der Waals surface area contributed by atoms with Crippen molar-refractivity contribution in [1.29, 1.82) is 0 Å². The van der Waals surface area contributed by atoms with Gasteiger partial charge in [-0.1, -0.05) is 42.0 Å². The van der Waals surface area contributed by atoms with Gasteiger partial charge in [-0.15, -0.1) is 0 Å². The van der Waals surface area contributed by atoms with Crippen LogP contribution in [0.2, 0.25) is 0 Å². The van der Waals surface area contributed by atoms with Crippen LogP contribution >= 0.6 is 0 Å². The van der Waals surface area contributed by atoms with Gasteiger partial charge in [0.25, 0.3) is 0 Å². The molecule has 0 amide bonds. The molecule has 4 nitrogen and oxygen atoms in total. The van der Waals surface area contributed by atoms with E-state index >= 15 is 0 Å². The van der Waals surface area contributed by atoms with Crippen LogP contribution in [-0.4, -0.2) is 20.9 Å². The zero-order valence-electron chi connectivity index (χ0n) is 11.5. The minimum Gasteiger partial charge on any atom is -0.478 e. The second-order valence-corrected chi connectivity index (χ2v) is 4.87. The molecular formula is C17H14N2O2. The number of aromatic carboxylic acids is 1. The highest BCUT2D eigenvalue weighted by molar-refractivity contribution is 5.92. The van der Waals surface area contributed by atoms with Gasteiger partial charge in [-0.3, -0.25) is 0 Å². The van der Waals surface area contributed by atoms with E-state index in [0.29, 0.717) is 5.69 Å². The van der Waals surface area contributed by atoms with E-state index in [1.54, 1.807) is 23.0 Å². The van der Waals surface area contributed by atoms with E-state index in [1.807, 2.05) is 49.5 Å². The molecule has 104 valence electrons. The molecule has 0 saturated carbocycles. The van der Waals surface area contributed by atoms with Crippen molar-refractivity contribution in [3.63, 3.8) is 0 Å². The van der Waals surface area contributed by atoms with E-state index in [9.17, 15) is 9.90 Å². The molecule has 0 fully saturated rings. The number of nitrogens with zero attached hydrogens (tertiary/aromatic N) is 2. The maximum absolute atomic E-state index is 11.4. The molecule has 0 saturated heterocycles. The van der Waals surface area contributed by atoms with Crippen molar-refractivity contribution >= 4 is 5.97 Å². The monoisotopic (exact) mass is 278 g/mol. The third kappa shape index (κ3) is 2.56. The molecule has 1 N–H and O–H groups in total. The van der Waals surface area contributed by atoms with Gasteiger partial charge in [0.2, 0.25) is 0 Å². The summed E-state index contributed by atoms with van der Waals surface area (Å²) < 4.78 is 1.60. The van der Waals surface area contributed by atoms with Crippen LogP contribution in [0.4, 0.5) is 0 Å². The summed E-state index contributed by atoms with van der Waals surface area (Å²) in [6, 6.07) is 15.2. The Morgan fingerprint density at radius 1 is 1.10 bits per heavy atom. The Kier molecular flexibility index (Phi) is 3.28. The molecule has 21 heavy (non-hydrogen) atoms. The lowest BCUT2D eigenvalue weighted by Crippen LogP contribution is -2.06. The number of carbonyl (C=O) groups is 1. The van der Waals surface area contributed by atoms with Crippen LogP contribution in [0.15, 0.2) is 60.9 Å². The van der Waals surface area contributed by atoms with Gasteiger partial charge in [-0.2, -0.15) is 5.10 Å². The van der Waals surface area contributed by atoms with E-state index in [0.717, 1.165) is 16.7 Å². The van der Waals surface area contributed by atoms with E-state index in [2.05, 4.69) is 5.10 Å². The second kappa shape index (κ2) is 5.25. The molecule has 4 heteroatoms. The van der Waals surface area contributed by atoms with Crippen molar-refractivity contribution in [3.8, 4) is 16.8 Å². The lowest BCUT2D eigenvalue weighted by Gasteiger charge is -2.07. The normalized spacial score (nSPS) is 10.5. The average molecular weight is 278 g/mol. The van der Waals surface area contributed by atoms with Crippen LogP contribution < -0.4 is 0 Å². The van der Waals surface area contributed by atoms with Crippen molar-refractivity contribution in [1.82, 2.24) is 9.78 Å². The quantitative estimate of drug-likeness (QED) is 0.797. The van der Waals surface area contributed by atoms with Crippen molar-refractivity contribution in [3.05, 3.63) is 72.1 Å². The molecule has 0 atom stereocenters. The van der Waals surface area contributed by atoms with Gasteiger partial charge >= 0.3 is 5.97 Å². The molecule has 3 aromatic rings. The number of carboxylic acids is 1. The summed E-state index contributed by atoms with van der Waals surface area (Å²) in [4.78, 5) is 11.4. The van der Waals surface area contributed by atoms with Gasteiger partial charge in [0, 0.05) is 11.8 Å². The van der Waals surface area contributed by atoms with E-state index in [1.165, 1.54) is 0 Å². The van der Waals surface area contributed by atoms with Crippen LogP contribution in [0.1, 0.15) is 15.9 Å². The maximum Gasteiger partial charge on any atom is 0.337 e. The highest BCUT2D eigenvalue weighted by Crippen LogP contribution is 2.22. The molecule has 0 aliphatic rings. The van der Waals surface area contributed by atoms with Crippen molar-refractivity contribution in [2.45, 2.75) is 6.92 Å². The van der Waals surface area contributed by atoms with Crippen LogP contribution in [-0.2, 0) is 0 Å². The van der Waals surface area contributed by atoms with Crippen LogP contribution in [0.5, 0.6) is 0 Å². The standard InChI is InChI=1S/C17H14N2O2/c1-12-7-8-16(15(9-12)17(20)21)19-11-14(10-18-19)13-5-3-2-4-6-13/h2-11H,1H3,(H,20,21). The molecule has 0 aliphatic heterocycles. The predicted octanol–water partition coefficient (Wildman–Crippen LogP) is 3.55. The lowest BCUT2D eigenvalue weighted by molar-refractivity contribution is 0.0696. The maximum atomic E-state index is 11.4. The summed E-state index contributed by atoms with van der Waals surface area (Å²) in [6.07, 6.45) is 3.58. The number of hydrogen-bond donors (Lipinski definition) is 1. The predicted molar refractivity (Wildman–Crippen MR) is 80.7 cm³/mol. The fourth-order valence-electron chi connectivity index (χ4n) is 2.26. The van der Waals surface area contributed by atoms with Crippen molar-refractivity contribution in [2.75, 3.05) is 0 Å². The van der Waals surface area contributed by atoms with Gasteiger partial charge in [0.05, 0.1) is 17.4 Å². The minimum absolute atomic E-state index is 0.248. The van der Waals surface area contributed by atoms with Crippen LogP contribution in [0.3, 0.4) is 0 Å². The number of rotatable bonds is 3. The Morgan fingerprint density at radius 3 is 2.57 bits per heavy atom. The molecule has 0 radical (unpaired) electrons.